The normalized spacial score (nSPS) is 15.6. The van der Waals surface area contributed by atoms with Crippen LogP contribution < -0.4 is 14.9 Å². The Bertz CT molecular complexity index is 1940. The average molecular weight is 630 g/mol. The summed E-state index contributed by atoms with van der Waals surface area (Å²) in [6.07, 6.45) is 9.27. The van der Waals surface area contributed by atoms with E-state index in [4.69, 9.17) is 4.98 Å². The average Bonchev–Trinajstić information content (AvgIpc) is 3.73. The van der Waals surface area contributed by atoms with Crippen LogP contribution >= 0.6 is 0 Å². The van der Waals surface area contributed by atoms with Crippen molar-refractivity contribution in [3.63, 3.8) is 0 Å². The van der Waals surface area contributed by atoms with E-state index in [1.54, 1.807) is 24.5 Å². The van der Waals surface area contributed by atoms with E-state index in [0.717, 1.165) is 24.7 Å². The van der Waals surface area contributed by atoms with E-state index < -0.39 is 27.7 Å². The summed E-state index contributed by atoms with van der Waals surface area (Å²) in [6, 6.07) is 15.0. The Morgan fingerprint density at radius 1 is 1.09 bits per heavy atom. The van der Waals surface area contributed by atoms with Gasteiger partial charge in [0.05, 0.1) is 23.4 Å². The van der Waals surface area contributed by atoms with Gasteiger partial charge in [0, 0.05) is 43.3 Å². The van der Waals surface area contributed by atoms with Gasteiger partial charge in [-0.05, 0) is 85.6 Å². The van der Waals surface area contributed by atoms with E-state index in [2.05, 4.69) is 30.4 Å². The fourth-order valence-electron chi connectivity index (χ4n) is 5.79. The van der Waals surface area contributed by atoms with Crippen molar-refractivity contribution in [3.05, 3.63) is 95.1 Å². The molecule has 6 rings (SSSR count). The Morgan fingerprint density at radius 3 is 2.53 bits per heavy atom. The van der Waals surface area contributed by atoms with Gasteiger partial charge in [-0.25, -0.2) is 17.8 Å². The molecule has 234 valence electrons. The molecule has 2 aliphatic rings. The molecule has 2 amide bonds. The van der Waals surface area contributed by atoms with E-state index in [-0.39, 0.29) is 5.91 Å². The third-order valence-corrected chi connectivity index (χ3v) is 9.12. The fraction of sp³-hybridized carbons (Fsp3) is 0.324. The molecule has 9 nitrogen and oxygen atoms in total. The minimum atomic E-state index is -3.62. The van der Waals surface area contributed by atoms with Crippen molar-refractivity contribution < 1.29 is 22.4 Å². The lowest BCUT2D eigenvalue weighted by atomic mass is 9.98. The molecule has 11 heteroatoms. The molecule has 1 saturated heterocycles. The third-order valence-electron chi connectivity index (χ3n) is 8.55. The molecule has 2 fully saturated rings. The number of allylic oxidation sites excluding steroid dienone is 2. The Hall–Kier alpha value is -4.51. The smallest absolute Gasteiger partial charge is 0.252 e. The molecule has 45 heavy (non-hydrogen) atoms. The first-order valence-corrected chi connectivity index (χ1v) is 17.0. The summed E-state index contributed by atoms with van der Waals surface area (Å²) in [5.41, 5.74) is 7.19. The highest BCUT2D eigenvalue weighted by molar-refractivity contribution is 7.89. The maximum Gasteiger partial charge on any atom is 0.252 e. The molecular formula is C34H36FN5O4S. The third kappa shape index (κ3) is 6.63. The fourth-order valence-corrected chi connectivity index (χ4v) is 6.33. The number of aromatic nitrogens is 2. The number of nitrogens with zero attached hydrogens (tertiary/aromatic N) is 3. The van der Waals surface area contributed by atoms with Gasteiger partial charge >= 0.3 is 0 Å². The van der Waals surface area contributed by atoms with Crippen molar-refractivity contribution in [2.45, 2.75) is 39.0 Å². The predicted molar refractivity (Wildman–Crippen MR) is 173 cm³/mol. The van der Waals surface area contributed by atoms with Crippen molar-refractivity contribution in [2.24, 2.45) is 5.92 Å². The standard InChI is InChI=1S/C34H36FN5O4S/c1-4-21(2)27-8-6-5-7-22(27)13-14-36-33(41)24-15-29(23-9-10-23)32-37-31(20-40(32)17-24)28-12-11-26(16-30(28)35)39-18-25(19-39)34(42)38-45(3,43)44/h4-8,11-12,15-17,20,23,25H,9-10,13-14,18-19H2,1-3H3,(H,36,41)(H,38,42)/b21-4-. The van der Waals surface area contributed by atoms with E-state index in [9.17, 15) is 18.0 Å². The number of fused-ring (bicyclic) bond motifs is 1. The SMILES string of the molecule is C/C=C(/C)c1ccccc1CCNC(=O)c1cc(C2CC2)c2nc(-c3ccc(N4CC(C(=O)NS(C)(=O)=O)C4)cc3F)cn2c1. The lowest BCUT2D eigenvalue weighted by Crippen LogP contribution is -2.54. The molecule has 1 aliphatic carbocycles. The van der Waals surface area contributed by atoms with Gasteiger partial charge in [-0.2, -0.15) is 0 Å². The quantitative estimate of drug-likeness (QED) is 0.258. The number of carbonyl (C=O) groups is 2. The number of amides is 2. The zero-order chi connectivity index (χ0) is 31.9. The maximum atomic E-state index is 15.4. The van der Waals surface area contributed by atoms with Crippen molar-refractivity contribution in [2.75, 3.05) is 30.8 Å². The molecule has 1 aliphatic heterocycles. The Labute approximate surface area is 262 Å². The highest BCUT2D eigenvalue weighted by Crippen LogP contribution is 2.42. The van der Waals surface area contributed by atoms with Crippen LogP contribution in [-0.4, -0.2) is 55.5 Å². The second-order valence-electron chi connectivity index (χ2n) is 12.0. The Kier molecular flexibility index (Phi) is 8.22. The van der Waals surface area contributed by atoms with E-state index in [1.807, 2.05) is 39.1 Å². The topological polar surface area (TPSA) is 113 Å². The minimum absolute atomic E-state index is 0.164. The lowest BCUT2D eigenvalue weighted by molar-refractivity contribution is -0.123. The highest BCUT2D eigenvalue weighted by atomic mass is 32.2. The summed E-state index contributed by atoms with van der Waals surface area (Å²) in [4.78, 5) is 32.0. The number of rotatable bonds is 10. The lowest BCUT2D eigenvalue weighted by Gasteiger charge is -2.39. The molecular weight excluding hydrogens is 593 g/mol. The van der Waals surface area contributed by atoms with Crippen molar-refractivity contribution in [1.29, 1.82) is 0 Å². The van der Waals surface area contributed by atoms with E-state index in [0.29, 0.717) is 60.1 Å². The number of halogens is 1. The van der Waals surface area contributed by atoms with Crippen LogP contribution in [0.4, 0.5) is 10.1 Å². The minimum Gasteiger partial charge on any atom is -0.370 e. The molecule has 1 saturated carbocycles. The van der Waals surface area contributed by atoms with Crippen LogP contribution in [0.5, 0.6) is 0 Å². The van der Waals surface area contributed by atoms with Gasteiger partial charge in [-0.1, -0.05) is 30.3 Å². The van der Waals surface area contributed by atoms with E-state index >= 15 is 4.39 Å². The first-order chi connectivity index (χ1) is 21.5. The van der Waals surface area contributed by atoms with Crippen LogP contribution in [0.3, 0.4) is 0 Å². The van der Waals surface area contributed by atoms with Crippen molar-refractivity contribution in [3.8, 4) is 11.3 Å². The zero-order valence-corrected chi connectivity index (χ0v) is 26.3. The molecule has 2 aromatic carbocycles. The number of nitrogens with one attached hydrogen (secondary N) is 2. The second-order valence-corrected chi connectivity index (χ2v) is 13.7. The maximum absolute atomic E-state index is 15.4. The van der Waals surface area contributed by atoms with Gasteiger partial charge in [0.2, 0.25) is 15.9 Å². The summed E-state index contributed by atoms with van der Waals surface area (Å²) in [7, 11) is -3.62. The summed E-state index contributed by atoms with van der Waals surface area (Å²) in [5.74, 6) is -1.34. The largest absolute Gasteiger partial charge is 0.370 e. The van der Waals surface area contributed by atoms with Crippen molar-refractivity contribution in [1.82, 2.24) is 19.4 Å². The zero-order valence-electron chi connectivity index (χ0n) is 25.5. The van der Waals surface area contributed by atoms with Crippen LogP contribution in [0.2, 0.25) is 0 Å². The van der Waals surface area contributed by atoms with Crippen LogP contribution in [0, 0.1) is 11.7 Å². The van der Waals surface area contributed by atoms with Crippen LogP contribution in [-0.2, 0) is 21.2 Å². The monoisotopic (exact) mass is 629 g/mol. The summed E-state index contributed by atoms with van der Waals surface area (Å²) < 4.78 is 41.9. The summed E-state index contributed by atoms with van der Waals surface area (Å²) in [5, 5.41) is 3.07. The predicted octanol–water partition coefficient (Wildman–Crippen LogP) is 4.93. The van der Waals surface area contributed by atoms with E-state index in [1.165, 1.54) is 22.8 Å². The first kappa shape index (κ1) is 30.5. The Balaban J connectivity index is 1.17. The molecule has 0 atom stereocenters. The van der Waals surface area contributed by atoms with Crippen LogP contribution in [0.15, 0.2) is 67.0 Å². The molecule has 0 unspecified atom stereocenters. The number of carbonyl (C=O) groups excluding carboxylic acids is 2. The summed E-state index contributed by atoms with van der Waals surface area (Å²) in [6.45, 7) is 5.19. The molecule has 3 heterocycles. The van der Waals surface area contributed by atoms with Crippen LogP contribution in [0.25, 0.3) is 22.5 Å². The summed E-state index contributed by atoms with van der Waals surface area (Å²) >= 11 is 0. The van der Waals surface area contributed by atoms with Crippen LogP contribution in [0.1, 0.15) is 59.7 Å². The van der Waals surface area contributed by atoms with Crippen molar-refractivity contribution >= 4 is 38.7 Å². The molecule has 0 spiro atoms. The molecule has 2 N–H and O–H groups in total. The van der Waals surface area contributed by atoms with Gasteiger partial charge in [0.1, 0.15) is 11.5 Å². The number of sulfonamides is 1. The number of anilines is 1. The first-order valence-electron chi connectivity index (χ1n) is 15.1. The molecule has 4 aromatic rings. The Morgan fingerprint density at radius 2 is 1.84 bits per heavy atom. The highest BCUT2D eigenvalue weighted by Gasteiger charge is 2.34. The number of pyridine rings is 1. The number of hydrogen-bond donors (Lipinski definition) is 2. The number of hydrogen-bond acceptors (Lipinski definition) is 6. The number of benzene rings is 2. The second kappa shape index (κ2) is 12.1. The molecule has 2 aromatic heterocycles. The van der Waals surface area contributed by atoms with Gasteiger partial charge in [0.25, 0.3) is 5.91 Å². The van der Waals surface area contributed by atoms with Gasteiger partial charge in [-0.3, -0.25) is 14.3 Å². The number of imidazole rings is 1. The van der Waals surface area contributed by atoms with Gasteiger partial charge in [-0.15, -0.1) is 0 Å². The van der Waals surface area contributed by atoms with Gasteiger partial charge in [0.15, 0.2) is 0 Å². The van der Waals surface area contributed by atoms with Gasteiger partial charge < -0.3 is 14.6 Å². The molecule has 0 radical (unpaired) electrons. The molecule has 0 bridgehead atoms.